The van der Waals surface area contributed by atoms with Crippen LogP contribution < -0.4 is 11.5 Å². The Morgan fingerprint density at radius 2 is 1.83 bits per heavy atom. The maximum atomic E-state index is 5.29. The van der Waals surface area contributed by atoms with Gasteiger partial charge in [-0.15, -0.1) is 0 Å². The molecule has 2 rings (SSSR count). The number of hydrogen-bond acceptors (Lipinski definition) is 1. The van der Waals surface area contributed by atoms with E-state index < -0.39 is 0 Å². The summed E-state index contributed by atoms with van der Waals surface area (Å²) in [6.07, 6.45) is 8.56. The van der Waals surface area contributed by atoms with E-state index in [9.17, 15) is 0 Å². The molecular weight excluding hydrogens is 222 g/mol. The van der Waals surface area contributed by atoms with Gasteiger partial charge in [0.05, 0.1) is 0 Å². The summed E-state index contributed by atoms with van der Waals surface area (Å²) < 4.78 is 0. The summed E-state index contributed by atoms with van der Waals surface area (Å²) >= 11 is 0. The van der Waals surface area contributed by atoms with Crippen molar-refractivity contribution < 1.29 is 0 Å². The van der Waals surface area contributed by atoms with Crippen LogP contribution in [0.4, 0.5) is 0 Å². The average Bonchev–Trinajstić information content (AvgIpc) is 2.38. The highest BCUT2D eigenvalue weighted by molar-refractivity contribution is 5.75. The number of rotatable bonds is 5. The molecule has 0 atom stereocenters. The summed E-state index contributed by atoms with van der Waals surface area (Å²) in [5, 5.41) is 0. The van der Waals surface area contributed by atoms with Gasteiger partial charge in [0.25, 0.3) is 0 Å². The molecule has 0 fully saturated rings. The third-order valence-electron chi connectivity index (χ3n) is 3.58. The van der Waals surface area contributed by atoms with Crippen molar-refractivity contribution >= 4 is 5.96 Å². The number of nitrogens with two attached hydrogens (primary N) is 2. The van der Waals surface area contributed by atoms with Crippen molar-refractivity contribution in [3.05, 3.63) is 34.9 Å². The van der Waals surface area contributed by atoms with Crippen LogP contribution in [0.5, 0.6) is 0 Å². The highest BCUT2D eigenvalue weighted by Crippen LogP contribution is 2.22. The van der Waals surface area contributed by atoms with Crippen LogP contribution in [-0.4, -0.2) is 12.5 Å². The maximum Gasteiger partial charge on any atom is 0.185 e. The molecule has 0 aromatic heterocycles. The molecule has 0 radical (unpaired) electrons. The number of unbranched alkanes of at least 4 members (excludes halogenated alkanes) is 1. The van der Waals surface area contributed by atoms with Gasteiger partial charge in [0, 0.05) is 6.54 Å². The average molecular weight is 245 g/mol. The van der Waals surface area contributed by atoms with Crippen LogP contribution in [0, 0.1) is 0 Å². The zero-order valence-electron chi connectivity index (χ0n) is 11.0. The molecule has 1 aromatic carbocycles. The number of fused-ring (bicyclic) bond motifs is 1. The highest BCUT2D eigenvalue weighted by Gasteiger charge is 2.08. The number of aliphatic imine (C=N–C) groups is 1. The Bertz CT molecular complexity index is 420. The van der Waals surface area contributed by atoms with Gasteiger partial charge in [-0.1, -0.05) is 18.2 Å². The van der Waals surface area contributed by atoms with E-state index in [-0.39, 0.29) is 5.96 Å². The van der Waals surface area contributed by atoms with Crippen LogP contribution in [0.3, 0.4) is 0 Å². The Morgan fingerprint density at radius 1 is 1.06 bits per heavy atom. The normalized spacial score (nSPS) is 14.0. The lowest BCUT2D eigenvalue weighted by atomic mass is 9.89. The van der Waals surface area contributed by atoms with E-state index in [4.69, 9.17) is 11.5 Å². The zero-order valence-corrected chi connectivity index (χ0v) is 11.0. The standard InChI is InChI=1S/C15H23N3/c16-15(17)18-10-4-3-5-12-8-9-13-6-1-2-7-14(13)11-12/h8-9,11H,1-7,10H2,(H4,16,17,18). The predicted molar refractivity (Wildman–Crippen MR) is 76.7 cm³/mol. The second-order valence-corrected chi connectivity index (χ2v) is 5.07. The number of guanidine groups is 1. The van der Waals surface area contributed by atoms with Crippen LogP contribution in [0.15, 0.2) is 23.2 Å². The Labute approximate surface area is 109 Å². The van der Waals surface area contributed by atoms with E-state index in [1.807, 2.05) is 0 Å². The quantitative estimate of drug-likeness (QED) is 0.474. The summed E-state index contributed by atoms with van der Waals surface area (Å²) in [6, 6.07) is 7.00. The molecular formula is C15H23N3. The molecule has 3 heteroatoms. The second kappa shape index (κ2) is 6.43. The first kappa shape index (κ1) is 12.9. The van der Waals surface area contributed by atoms with E-state index >= 15 is 0 Å². The zero-order chi connectivity index (χ0) is 12.8. The van der Waals surface area contributed by atoms with E-state index in [0.717, 1.165) is 25.8 Å². The van der Waals surface area contributed by atoms with Crippen molar-refractivity contribution in [1.82, 2.24) is 0 Å². The van der Waals surface area contributed by atoms with Crippen LogP contribution in [0.2, 0.25) is 0 Å². The summed E-state index contributed by atoms with van der Waals surface area (Å²) in [5.74, 6) is 0.198. The van der Waals surface area contributed by atoms with E-state index in [2.05, 4.69) is 23.2 Å². The van der Waals surface area contributed by atoms with Gasteiger partial charge >= 0.3 is 0 Å². The van der Waals surface area contributed by atoms with Gasteiger partial charge in [-0.2, -0.15) is 0 Å². The molecule has 0 spiro atoms. The van der Waals surface area contributed by atoms with Gasteiger partial charge in [-0.05, 0) is 61.6 Å². The fourth-order valence-corrected chi connectivity index (χ4v) is 2.59. The third kappa shape index (κ3) is 3.76. The fraction of sp³-hybridized carbons (Fsp3) is 0.533. The van der Waals surface area contributed by atoms with E-state index in [1.54, 1.807) is 11.1 Å². The molecule has 0 amide bonds. The van der Waals surface area contributed by atoms with E-state index in [0.29, 0.717) is 0 Å². The number of benzene rings is 1. The molecule has 0 saturated heterocycles. The summed E-state index contributed by atoms with van der Waals surface area (Å²) in [7, 11) is 0. The SMILES string of the molecule is NC(N)=NCCCCc1ccc2c(c1)CCCC2. The Hall–Kier alpha value is -1.51. The molecule has 0 heterocycles. The first-order valence-corrected chi connectivity index (χ1v) is 6.92. The van der Waals surface area contributed by atoms with Gasteiger partial charge in [-0.3, -0.25) is 4.99 Å². The summed E-state index contributed by atoms with van der Waals surface area (Å²) in [5.41, 5.74) is 15.2. The highest BCUT2D eigenvalue weighted by atomic mass is 15.0. The molecule has 3 nitrogen and oxygen atoms in total. The Balaban J connectivity index is 1.81. The minimum Gasteiger partial charge on any atom is -0.370 e. The van der Waals surface area contributed by atoms with Crippen LogP contribution in [0.1, 0.15) is 42.4 Å². The molecule has 0 aliphatic heterocycles. The smallest absolute Gasteiger partial charge is 0.185 e. The molecule has 4 N–H and O–H groups in total. The molecule has 1 aliphatic rings. The first-order valence-electron chi connectivity index (χ1n) is 6.92. The predicted octanol–water partition coefficient (Wildman–Crippen LogP) is 2.16. The van der Waals surface area contributed by atoms with Gasteiger partial charge < -0.3 is 11.5 Å². The number of nitrogens with zero attached hydrogens (tertiary/aromatic N) is 1. The van der Waals surface area contributed by atoms with Crippen molar-refractivity contribution in [3.63, 3.8) is 0 Å². The Morgan fingerprint density at radius 3 is 2.61 bits per heavy atom. The number of aryl methyl sites for hydroxylation is 3. The van der Waals surface area contributed by atoms with Crippen molar-refractivity contribution in [2.45, 2.75) is 44.9 Å². The largest absolute Gasteiger partial charge is 0.370 e. The maximum absolute atomic E-state index is 5.29. The molecule has 1 aliphatic carbocycles. The lowest BCUT2D eigenvalue weighted by Crippen LogP contribution is -2.22. The van der Waals surface area contributed by atoms with Gasteiger partial charge in [-0.25, -0.2) is 0 Å². The van der Waals surface area contributed by atoms with Crippen LogP contribution in [-0.2, 0) is 19.3 Å². The first-order chi connectivity index (χ1) is 8.75. The van der Waals surface area contributed by atoms with Crippen molar-refractivity contribution in [2.24, 2.45) is 16.5 Å². The Kier molecular flexibility index (Phi) is 4.62. The lowest BCUT2D eigenvalue weighted by molar-refractivity contribution is 0.682. The van der Waals surface area contributed by atoms with Gasteiger partial charge in [0.2, 0.25) is 0 Å². The van der Waals surface area contributed by atoms with Crippen LogP contribution in [0.25, 0.3) is 0 Å². The molecule has 0 bridgehead atoms. The lowest BCUT2D eigenvalue weighted by Gasteiger charge is -2.16. The van der Waals surface area contributed by atoms with Crippen molar-refractivity contribution in [2.75, 3.05) is 6.54 Å². The van der Waals surface area contributed by atoms with E-state index in [1.165, 1.54) is 31.2 Å². The van der Waals surface area contributed by atoms with Gasteiger partial charge in [0.15, 0.2) is 5.96 Å². The van der Waals surface area contributed by atoms with Crippen molar-refractivity contribution in [1.29, 1.82) is 0 Å². The third-order valence-corrected chi connectivity index (χ3v) is 3.58. The molecule has 1 aromatic rings. The molecule has 18 heavy (non-hydrogen) atoms. The van der Waals surface area contributed by atoms with Gasteiger partial charge in [0.1, 0.15) is 0 Å². The minimum absolute atomic E-state index is 0.198. The monoisotopic (exact) mass is 245 g/mol. The minimum atomic E-state index is 0.198. The molecule has 98 valence electrons. The summed E-state index contributed by atoms with van der Waals surface area (Å²) in [4.78, 5) is 4.00. The second-order valence-electron chi connectivity index (χ2n) is 5.07. The van der Waals surface area contributed by atoms with Crippen LogP contribution >= 0.6 is 0 Å². The van der Waals surface area contributed by atoms with Crippen molar-refractivity contribution in [3.8, 4) is 0 Å². The molecule has 0 saturated carbocycles. The number of hydrogen-bond donors (Lipinski definition) is 2. The molecule has 0 unspecified atom stereocenters. The fourth-order valence-electron chi connectivity index (χ4n) is 2.59. The topological polar surface area (TPSA) is 64.4 Å². The summed E-state index contributed by atoms with van der Waals surface area (Å²) in [6.45, 7) is 0.743.